The molecule has 15 heteroatoms. The number of methoxy groups -OCH3 is 1. The van der Waals surface area contributed by atoms with Crippen LogP contribution in [0.5, 0.6) is 0 Å². The van der Waals surface area contributed by atoms with Crippen LogP contribution in [0, 0.1) is 13.8 Å². The largest absolute Gasteiger partial charge is 0.453 e. The molecule has 0 unspecified atom stereocenters. The lowest BCUT2D eigenvalue weighted by atomic mass is 10.0. The lowest BCUT2D eigenvalue weighted by Gasteiger charge is -2.35. The number of hydrogen-bond donors (Lipinski definition) is 2. The van der Waals surface area contributed by atoms with E-state index in [0.717, 1.165) is 44.9 Å². The van der Waals surface area contributed by atoms with Crippen LogP contribution in [0.15, 0.2) is 34.9 Å². The number of para-hydroxylation sites is 1. The number of amides is 1. The zero-order valence-electron chi connectivity index (χ0n) is 23.6. The van der Waals surface area contributed by atoms with Crippen LogP contribution in [-0.2, 0) is 21.8 Å². The van der Waals surface area contributed by atoms with Gasteiger partial charge in [0.15, 0.2) is 9.34 Å². The molecule has 1 saturated heterocycles. The van der Waals surface area contributed by atoms with Crippen LogP contribution < -0.4 is 10.6 Å². The highest BCUT2D eigenvalue weighted by molar-refractivity contribution is 7.91. The third kappa shape index (κ3) is 6.02. The Balaban J connectivity index is 1.23. The number of nitrogens with zero attached hydrogens (tertiary/aromatic N) is 7. The summed E-state index contributed by atoms with van der Waals surface area (Å²) in [5, 5.41) is 11.6. The first kappa shape index (κ1) is 28.9. The van der Waals surface area contributed by atoms with E-state index in [9.17, 15) is 13.2 Å². The summed E-state index contributed by atoms with van der Waals surface area (Å²) in [5.41, 5.74) is 4.18. The van der Waals surface area contributed by atoms with Gasteiger partial charge in [-0.05, 0) is 26.8 Å². The quantitative estimate of drug-likeness (QED) is 0.310. The van der Waals surface area contributed by atoms with Gasteiger partial charge < -0.3 is 10.1 Å². The highest BCUT2D eigenvalue weighted by Gasteiger charge is 2.32. The molecule has 0 saturated carbocycles. The van der Waals surface area contributed by atoms with Crippen LogP contribution in [-0.4, -0.2) is 94.3 Å². The molecule has 13 nitrogen and oxygen atoms in total. The minimum Gasteiger partial charge on any atom is -0.453 e. The minimum atomic E-state index is -3.74. The summed E-state index contributed by atoms with van der Waals surface area (Å²) in [5.74, 6) is 0.754. The van der Waals surface area contributed by atoms with Crippen molar-refractivity contribution in [3.63, 3.8) is 0 Å². The van der Waals surface area contributed by atoms with E-state index in [2.05, 4.69) is 47.2 Å². The fourth-order valence-electron chi connectivity index (χ4n) is 5.03. The van der Waals surface area contributed by atoms with Crippen LogP contribution in [0.4, 0.5) is 15.7 Å². The molecule has 1 fully saturated rings. The number of rotatable bonds is 8. The molecule has 1 aromatic carbocycles. The second-order valence-electron chi connectivity index (χ2n) is 9.98. The van der Waals surface area contributed by atoms with E-state index in [-0.39, 0.29) is 15.4 Å². The first-order chi connectivity index (χ1) is 19.6. The number of thiazole rings is 1. The summed E-state index contributed by atoms with van der Waals surface area (Å²) < 4.78 is 34.6. The van der Waals surface area contributed by atoms with Crippen molar-refractivity contribution in [2.75, 3.05) is 50.5 Å². The number of benzene rings is 1. The van der Waals surface area contributed by atoms with Crippen molar-refractivity contribution in [2.45, 2.75) is 31.0 Å². The molecule has 1 aliphatic rings. The molecular weight excluding hydrogens is 566 g/mol. The van der Waals surface area contributed by atoms with Crippen LogP contribution in [0.1, 0.15) is 18.3 Å². The minimum absolute atomic E-state index is 0.0516. The van der Waals surface area contributed by atoms with Gasteiger partial charge in [0.1, 0.15) is 12.1 Å². The first-order valence-corrected chi connectivity index (χ1v) is 15.4. The number of aryl methyl sites for hydroxylation is 3. The maximum absolute atomic E-state index is 13.3. The van der Waals surface area contributed by atoms with Gasteiger partial charge in [0.2, 0.25) is 0 Å². The summed E-state index contributed by atoms with van der Waals surface area (Å²) in [7, 11) is -0.595. The van der Waals surface area contributed by atoms with Crippen molar-refractivity contribution in [3.8, 4) is 11.1 Å². The van der Waals surface area contributed by atoms with Gasteiger partial charge in [0, 0.05) is 68.5 Å². The third-order valence-corrected chi connectivity index (χ3v) is 10.5. The van der Waals surface area contributed by atoms with Gasteiger partial charge in [-0.1, -0.05) is 23.5 Å². The zero-order chi connectivity index (χ0) is 29.3. The van der Waals surface area contributed by atoms with Crippen molar-refractivity contribution in [1.29, 1.82) is 0 Å². The molecule has 1 aliphatic heterocycles. The standard InChI is InChI=1S/C26H33N9O4S2/c1-16(29-23-20-8-6-7-19(22(20)27-15-28-23)21-14-33(4)32-17(21)2)13-34-9-11-35(12-10-34)41(37,38)24-18(3)30-25(40-24)31-26(36)39-5/h6-8,14-16H,9-13H2,1-5H3,(H,27,28,29)(H,30,31,36)/t16-/m0/s1. The van der Waals surface area contributed by atoms with Crippen molar-refractivity contribution >= 4 is 49.3 Å². The molecule has 0 spiro atoms. The maximum atomic E-state index is 13.3. The monoisotopic (exact) mass is 599 g/mol. The van der Waals surface area contributed by atoms with Crippen molar-refractivity contribution in [1.82, 2.24) is 33.9 Å². The fraction of sp³-hybridized carbons (Fsp3) is 0.423. The normalized spacial score (nSPS) is 15.6. The molecule has 218 valence electrons. The summed E-state index contributed by atoms with van der Waals surface area (Å²) in [6, 6.07) is 6.11. The highest BCUT2D eigenvalue weighted by atomic mass is 32.2. The average Bonchev–Trinajstić information content (AvgIpc) is 3.48. The Morgan fingerprint density at radius 2 is 1.88 bits per heavy atom. The SMILES string of the molecule is COC(=O)Nc1nc(C)c(S(=O)(=O)N2CCN(C[C@H](C)Nc3ncnc4c(-c5cn(C)nc5C)cccc34)CC2)s1. The lowest BCUT2D eigenvalue weighted by molar-refractivity contribution is 0.184. The number of aromatic nitrogens is 5. The van der Waals surface area contributed by atoms with Gasteiger partial charge in [0.25, 0.3) is 10.0 Å². The number of fused-ring (bicyclic) bond motifs is 1. The van der Waals surface area contributed by atoms with Gasteiger partial charge in [-0.2, -0.15) is 9.40 Å². The van der Waals surface area contributed by atoms with E-state index in [1.165, 1.54) is 11.4 Å². The Morgan fingerprint density at radius 1 is 1.12 bits per heavy atom. The molecule has 1 atom stereocenters. The van der Waals surface area contributed by atoms with Gasteiger partial charge in [-0.15, -0.1) is 0 Å². The van der Waals surface area contributed by atoms with Crippen molar-refractivity contribution in [3.05, 3.63) is 42.1 Å². The zero-order valence-corrected chi connectivity index (χ0v) is 25.2. The molecule has 3 aromatic heterocycles. The number of ether oxygens (including phenoxy) is 1. The van der Waals surface area contributed by atoms with Gasteiger partial charge in [0.05, 0.1) is 24.0 Å². The predicted octanol–water partition coefficient (Wildman–Crippen LogP) is 3.09. The van der Waals surface area contributed by atoms with Crippen molar-refractivity contribution in [2.24, 2.45) is 7.05 Å². The molecule has 4 aromatic rings. The number of hydrogen-bond acceptors (Lipinski definition) is 11. The van der Waals surface area contributed by atoms with Crippen LogP contribution in [0.3, 0.4) is 0 Å². The summed E-state index contributed by atoms with van der Waals surface area (Å²) in [6.07, 6.45) is 2.87. The third-order valence-electron chi connectivity index (χ3n) is 6.94. The van der Waals surface area contributed by atoms with Crippen LogP contribution >= 0.6 is 11.3 Å². The predicted molar refractivity (Wildman–Crippen MR) is 158 cm³/mol. The highest BCUT2D eigenvalue weighted by Crippen LogP contribution is 2.32. The fourth-order valence-corrected chi connectivity index (χ4v) is 7.99. The molecule has 41 heavy (non-hydrogen) atoms. The molecule has 1 amide bonds. The van der Waals surface area contributed by atoms with Crippen LogP contribution in [0.25, 0.3) is 22.0 Å². The van der Waals surface area contributed by atoms with E-state index in [1.807, 2.05) is 38.4 Å². The van der Waals surface area contributed by atoms with E-state index >= 15 is 0 Å². The number of carbonyl (C=O) groups is 1. The number of sulfonamides is 1. The van der Waals surface area contributed by atoms with E-state index in [0.29, 0.717) is 38.4 Å². The number of anilines is 2. The van der Waals surface area contributed by atoms with Gasteiger partial charge in [-0.25, -0.2) is 28.2 Å². The summed E-state index contributed by atoms with van der Waals surface area (Å²) in [6.45, 7) is 8.30. The molecule has 4 heterocycles. The number of nitrogens with one attached hydrogen (secondary N) is 2. The Bertz CT molecular complexity index is 1680. The molecule has 0 bridgehead atoms. The van der Waals surface area contributed by atoms with Crippen molar-refractivity contribution < 1.29 is 17.9 Å². The van der Waals surface area contributed by atoms with Crippen LogP contribution in [0.2, 0.25) is 0 Å². The van der Waals surface area contributed by atoms with Gasteiger partial charge >= 0.3 is 6.09 Å². The smallest absolute Gasteiger partial charge is 0.413 e. The first-order valence-electron chi connectivity index (χ1n) is 13.1. The Kier molecular flexibility index (Phi) is 8.22. The topological polar surface area (TPSA) is 147 Å². The lowest BCUT2D eigenvalue weighted by Crippen LogP contribution is -2.50. The number of carbonyl (C=O) groups excluding carboxylic acids is 1. The van der Waals surface area contributed by atoms with E-state index < -0.39 is 16.1 Å². The number of piperazine rings is 1. The molecule has 0 radical (unpaired) electrons. The second kappa shape index (κ2) is 11.7. The van der Waals surface area contributed by atoms with E-state index in [1.54, 1.807) is 17.9 Å². The summed E-state index contributed by atoms with van der Waals surface area (Å²) in [4.78, 5) is 27.0. The Hall–Kier alpha value is -3.66. The summed E-state index contributed by atoms with van der Waals surface area (Å²) >= 11 is 0.926. The second-order valence-corrected chi connectivity index (χ2v) is 13.1. The Morgan fingerprint density at radius 3 is 2.56 bits per heavy atom. The average molecular weight is 600 g/mol. The van der Waals surface area contributed by atoms with E-state index in [4.69, 9.17) is 0 Å². The molecule has 2 N–H and O–H groups in total. The molecule has 0 aliphatic carbocycles. The Labute approximate surface area is 242 Å². The maximum Gasteiger partial charge on any atom is 0.413 e. The molecular formula is C26H33N9O4S2. The molecule has 5 rings (SSSR count). The van der Waals surface area contributed by atoms with Gasteiger partial charge in [-0.3, -0.25) is 14.9 Å².